The van der Waals surface area contributed by atoms with Gasteiger partial charge in [-0.2, -0.15) is 0 Å². The zero-order valence-corrected chi connectivity index (χ0v) is 13.4. The van der Waals surface area contributed by atoms with E-state index in [1.165, 1.54) is 12.1 Å². The monoisotopic (exact) mass is 342 g/mol. The van der Waals surface area contributed by atoms with Crippen molar-refractivity contribution < 1.29 is 27.5 Å². The van der Waals surface area contributed by atoms with E-state index in [4.69, 9.17) is 14.5 Å². The van der Waals surface area contributed by atoms with Crippen LogP contribution in [-0.4, -0.2) is 30.8 Å². The van der Waals surface area contributed by atoms with Crippen molar-refractivity contribution in [1.82, 2.24) is 0 Å². The third-order valence-corrected chi connectivity index (χ3v) is 6.67. The van der Waals surface area contributed by atoms with Gasteiger partial charge in [-0.1, -0.05) is 24.3 Å². The number of sulfone groups is 1. The summed E-state index contributed by atoms with van der Waals surface area (Å²) in [5, 5.41) is 0. The van der Waals surface area contributed by atoms with Crippen molar-refractivity contribution in [2.45, 2.75) is 4.90 Å². The highest BCUT2D eigenvalue weighted by atomic mass is 32.2. The zero-order valence-electron chi connectivity index (χ0n) is 11.7. The molecule has 0 fully saturated rings. The average molecular weight is 342 g/mol. The minimum absolute atomic E-state index is 0.118. The first-order valence-electron chi connectivity index (χ1n) is 6.23. The lowest BCUT2D eigenvalue weighted by Crippen LogP contribution is -2.07. The molecule has 0 saturated heterocycles. The third kappa shape index (κ3) is 4.18. The Morgan fingerprint density at radius 2 is 1.41 bits per heavy atom. The van der Waals surface area contributed by atoms with E-state index in [2.05, 4.69) is 0 Å². The molecule has 0 atom stereocenters. The largest absolute Gasteiger partial charge is 0.497 e. The second-order valence-electron chi connectivity index (χ2n) is 4.66. The first kappa shape index (κ1) is 16.7. The maximum atomic E-state index is 11.9. The van der Waals surface area contributed by atoms with E-state index in [0.717, 1.165) is 11.1 Å². The summed E-state index contributed by atoms with van der Waals surface area (Å²) >= 11 is 0. The minimum atomic E-state index is -4.63. The van der Waals surface area contributed by atoms with Gasteiger partial charge in [0, 0.05) is 0 Å². The molecule has 0 spiro atoms. The molecule has 0 amide bonds. The smallest absolute Gasteiger partial charge is 0.340 e. The van der Waals surface area contributed by atoms with Crippen molar-refractivity contribution in [3.8, 4) is 16.9 Å². The molecule has 0 aromatic heterocycles. The standard InChI is InChI=1S/C14H15O6PS/c1-20-13-6-2-11(3-7-13)12-4-8-14(9-5-12)22(18,19)10-21(15,16)17/h2-9H,10H2,1H3,(H2,15,16,17). The minimum Gasteiger partial charge on any atom is -0.497 e. The van der Waals surface area contributed by atoms with Crippen molar-refractivity contribution in [3.63, 3.8) is 0 Å². The fraction of sp³-hybridized carbons (Fsp3) is 0.143. The molecule has 8 heteroatoms. The summed E-state index contributed by atoms with van der Waals surface area (Å²) in [6, 6.07) is 13.1. The van der Waals surface area contributed by atoms with Gasteiger partial charge in [-0.25, -0.2) is 8.42 Å². The molecule has 2 N–H and O–H groups in total. The Morgan fingerprint density at radius 3 is 1.82 bits per heavy atom. The zero-order chi connectivity index (χ0) is 16.4. The maximum absolute atomic E-state index is 11.9. The van der Waals surface area contributed by atoms with Crippen LogP contribution in [0.2, 0.25) is 0 Å². The summed E-state index contributed by atoms with van der Waals surface area (Å²) in [6.45, 7) is 0. The van der Waals surface area contributed by atoms with Gasteiger partial charge in [0.2, 0.25) is 0 Å². The van der Waals surface area contributed by atoms with E-state index >= 15 is 0 Å². The van der Waals surface area contributed by atoms with Crippen LogP contribution < -0.4 is 4.74 Å². The molecule has 2 rings (SSSR count). The number of hydrogen-bond acceptors (Lipinski definition) is 4. The van der Waals surface area contributed by atoms with Crippen molar-refractivity contribution in [1.29, 1.82) is 0 Å². The highest BCUT2D eigenvalue weighted by Crippen LogP contribution is 2.38. The lowest BCUT2D eigenvalue weighted by atomic mass is 10.1. The first-order valence-corrected chi connectivity index (χ1v) is 9.68. The lowest BCUT2D eigenvalue weighted by Gasteiger charge is -2.08. The Labute approximate surface area is 128 Å². The van der Waals surface area contributed by atoms with E-state index in [1.54, 1.807) is 31.4 Å². The summed E-state index contributed by atoms with van der Waals surface area (Å²) in [6.07, 6.45) is 0. The van der Waals surface area contributed by atoms with Crippen molar-refractivity contribution in [2.24, 2.45) is 0 Å². The molecule has 0 bridgehead atoms. The second kappa shape index (κ2) is 6.22. The Kier molecular flexibility index (Phi) is 4.72. The Balaban J connectivity index is 2.28. The molecular weight excluding hydrogens is 327 g/mol. The molecule has 0 aliphatic carbocycles. The van der Waals surface area contributed by atoms with Gasteiger partial charge < -0.3 is 14.5 Å². The molecule has 0 unspecified atom stereocenters. The highest BCUT2D eigenvalue weighted by molar-refractivity contribution is 7.97. The summed E-state index contributed by atoms with van der Waals surface area (Å²) in [5.74, 6) is 0.713. The molecule has 6 nitrogen and oxygen atoms in total. The Bertz CT molecular complexity index is 790. The number of hydrogen-bond donors (Lipinski definition) is 2. The molecule has 0 aliphatic rings. The van der Waals surface area contributed by atoms with Gasteiger partial charge in [-0.3, -0.25) is 4.57 Å². The Hall–Kier alpha value is -1.66. The Morgan fingerprint density at radius 1 is 0.955 bits per heavy atom. The predicted octanol–water partition coefficient (Wildman–Crippen LogP) is 2.27. The topological polar surface area (TPSA) is 101 Å². The van der Waals surface area contributed by atoms with Crippen molar-refractivity contribution in [2.75, 3.05) is 12.6 Å². The average Bonchev–Trinajstić information content (AvgIpc) is 2.45. The van der Waals surface area contributed by atoms with E-state index < -0.39 is 22.9 Å². The summed E-state index contributed by atoms with van der Waals surface area (Å²) in [4.78, 5) is 17.5. The maximum Gasteiger partial charge on any atom is 0.340 e. The van der Waals surface area contributed by atoms with Crippen LogP contribution in [0.5, 0.6) is 5.75 Å². The van der Waals surface area contributed by atoms with Gasteiger partial charge in [-0.05, 0) is 35.4 Å². The fourth-order valence-electron chi connectivity index (χ4n) is 1.93. The van der Waals surface area contributed by atoms with Gasteiger partial charge in [0.05, 0.1) is 12.0 Å². The summed E-state index contributed by atoms with van der Waals surface area (Å²) in [7, 11) is -7.08. The lowest BCUT2D eigenvalue weighted by molar-refractivity contribution is 0.378. The highest BCUT2D eigenvalue weighted by Gasteiger charge is 2.26. The normalized spacial score (nSPS) is 12.1. The van der Waals surface area contributed by atoms with Crippen LogP contribution in [-0.2, 0) is 14.4 Å². The molecule has 2 aromatic rings. The SMILES string of the molecule is COc1ccc(-c2ccc(S(=O)(=O)CP(=O)(O)O)cc2)cc1. The van der Waals surface area contributed by atoms with Gasteiger partial charge in [-0.15, -0.1) is 0 Å². The number of benzene rings is 2. The van der Waals surface area contributed by atoms with Gasteiger partial charge in [0.1, 0.15) is 5.75 Å². The van der Waals surface area contributed by atoms with Crippen molar-refractivity contribution >= 4 is 17.4 Å². The first-order chi connectivity index (χ1) is 10.2. The number of rotatable bonds is 5. The molecule has 0 radical (unpaired) electrons. The fourth-order valence-corrected chi connectivity index (χ4v) is 4.85. The van der Waals surface area contributed by atoms with Crippen LogP contribution in [0.15, 0.2) is 53.4 Å². The number of methoxy groups -OCH3 is 1. The van der Waals surface area contributed by atoms with Crippen molar-refractivity contribution in [3.05, 3.63) is 48.5 Å². The second-order valence-corrected chi connectivity index (χ2v) is 8.72. The van der Waals surface area contributed by atoms with E-state index in [9.17, 15) is 13.0 Å². The summed E-state index contributed by atoms with van der Waals surface area (Å²) < 4.78 is 39.7. The number of ether oxygens (including phenoxy) is 1. The molecule has 0 heterocycles. The molecule has 0 saturated carbocycles. The van der Waals surface area contributed by atoms with Crippen LogP contribution in [0.4, 0.5) is 0 Å². The van der Waals surface area contributed by atoms with Crippen LogP contribution in [0.25, 0.3) is 11.1 Å². The molecule has 118 valence electrons. The molecule has 22 heavy (non-hydrogen) atoms. The van der Waals surface area contributed by atoms with E-state index in [0.29, 0.717) is 5.75 Å². The van der Waals surface area contributed by atoms with Crippen LogP contribution in [0.1, 0.15) is 0 Å². The third-order valence-electron chi connectivity index (χ3n) is 2.97. The van der Waals surface area contributed by atoms with E-state index in [-0.39, 0.29) is 4.90 Å². The van der Waals surface area contributed by atoms with Gasteiger partial charge in [0.25, 0.3) is 0 Å². The summed E-state index contributed by atoms with van der Waals surface area (Å²) in [5.41, 5.74) is 0.472. The molecule has 0 aliphatic heterocycles. The van der Waals surface area contributed by atoms with Crippen LogP contribution >= 0.6 is 7.60 Å². The quantitative estimate of drug-likeness (QED) is 0.809. The van der Waals surface area contributed by atoms with Crippen LogP contribution in [0, 0.1) is 0 Å². The van der Waals surface area contributed by atoms with E-state index in [1.807, 2.05) is 12.1 Å². The predicted molar refractivity (Wildman–Crippen MR) is 82.5 cm³/mol. The molecule has 2 aromatic carbocycles. The van der Waals surface area contributed by atoms with Gasteiger partial charge in [0.15, 0.2) is 15.3 Å². The van der Waals surface area contributed by atoms with Crippen LogP contribution in [0.3, 0.4) is 0 Å². The van der Waals surface area contributed by atoms with Gasteiger partial charge >= 0.3 is 7.60 Å². The molecular formula is C14H15O6PS.